The molecule has 0 radical (unpaired) electrons. The molecule has 0 amide bonds. The summed E-state index contributed by atoms with van der Waals surface area (Å²) in [6, 6.07) is 9.66. The van der Waals surface area contributed by atoms with Crippen molar-refractivity contribution in [3.8, 4) is 0 Å². The molecule has 0 unspecified atom stereocenters. The van der Waals surface area contributed by atoms with Gasteiger partial charge in [-0.1, -0.05) is 71.4 Å². The van der Waals surface area contributed by atoms with Crippen molar-refractivity contribution in [2.24, 2.45) is 0 Å². The van der Waals surface area contributed by atoms with Crippen LogP contribution in [0.1, 0.15) is 65.6 Å². The smallest absolute Gasteiger partial charge is 0.0483 e. The first-order valence-electron chi connectivity index (χ1n) is 10.7. The maximum Gasteiger partial charge on any atom is 0.0483 e. The molecule has 2 heteroatoms. The largest absolute Gasteiger partial charge is 0.343 e. The average molecular weight is 383 g/mol. The highest BCUT2D eigenvalue weighted by atomic mass is 15.0. The van der Waals surface area contributed by atoms with Gasteiger partial charge in [0.15, 0.2) is 0 Å². The van der Waals surface area contributed by atoms with Gasteiger partial charge in [0.1, 0.15) is 0 Å². The Morgan fingerprint density at radius 3 is 2.43 bits per heavy atom. The van der Waals surface area contributed by atoms with Gasteiger partial charge in [-0.15, -0.1) is 13.2 Å². The lowest BCUT2D eigenvalue weighted by molar-refractivity contribution is 0.538. The van der Waals surface area contributed by atoms with Gasteiger partial charge in [-0.05, 0) is 43.5 Å². The second kappa shape index (κ2) is 14.9. The minimum Gasteiger partial charge on any atom is -0.343 e. The SMILES string of the molecule is C=C.C=C(C)/C=C/c1ccc2c(c1)cc(CCCC)n2CCNC(C)C.CC. The Labute approximate surface area is 174 Å². The number of aryl methyl sites for hydroxylation is 1. The first-order valence-corrected chi connectivity index (χ1v) is 10.7. The van der Waals surface area contributed by atoms with Gasteiger partial charge in [-0.25, -0.2) is 0 Å². The molecule has 2 rings (SSSR count). The molecular formula is C26H42N2. The summed E-state index contributed by atoms with van der Waals surface area (Å²) < 4.78 is 2.49. The van der Waals surface area contributed by atoms with Crippen molar-refractivity contribution < 1.29 is 0 Å². The van der Waals surface area contributed by atoms with E-state index in [1.807, 2.05) is 20.8 Å². The number of hydrogen-bond donors (Lipinski definition) is 1. The van der Waals surface area contributed by atoms with Crippen molar-refractivity contribution in [1.29, 1.82) is 0 Å². The molecule has 1 heterocycles. The summed E-state index contributed by atoms with van der Waals surface area (Å²) in [6.45, 7) is 24.7. The number of allylic oxidation sites excluding steroid dienone is 2. The molecule has 156 valence electrons. The Bertz CT molecular complexity index is 719. The van der Waals surface area contributed by atoms with Gasteiger partial charge >= 0.3 is 0 Å². The number of fused-ring (bicyclic) bond motifs is 1. The highest BCUT2D eigenvalue weighted by molar-refractivity contribution is 5.84. The van der Waals surface area contributed by atoms with E-state index in [-0.39, 0.29) is 0 Å². The van der Waals surface area contributed by atoms with E-state index in [4.69, 9.17) is 0 Å². The summed E-state index contributed by atoms with van der Waals surface area (Å²) in [5.41, 5.74) is 5.12. The lowest BCUT2D eigenvalue weighted by Gasteiger charge is -2.13. The van der Waals surface area contributed by atoms with Crippen LogP contribution in [0, 0.1) is 0 Å². The quantitative estimate of drug-likeness (QED) is 0.353. The zero-order valence-electron chi connectivity index (χ0n) is 19.1. The third-order valence-corrected chi connectivity index (χ3v) is 4.25. The summed E-state index contributed by atoms with van der Waals surface area (Å²) in [6.07, 6.45) is 7.85. The molecule has 28 heavy (non-hydrogen) atoms. The zero-order valence-corrected chi connectivity index (χ0v) is 19.1. The molecule has 0 saturated heterocycles. The van der Waals surface area contributed by atoms with Crippen LogP contribution in [0.4, 0.5) is 0 Å². The number of nitrogens with one attached hydrogen (secondary N) is 1. The molecule has 0 bridgehead atoms. The number of hydrogen-bond acceptors (Lipinski definition) is 1. The Hall–Kier alpha value is -2.06. The first-order chi connectivity index (χ1) is 13.5. The minimum absolute atomic E-state index is 0.532. The molecule has 0 atom stereocenters. The van der Waals surface area contributed by atoms with E-state index in [1.165, 1.54) is 35.0 Å². The molecule has 1 aromatic heterocycles. The molecule has 0 spiro atoms. The second-order valence-electron chi connectivity index (χ2n) is 7.00. The van der Waals surface area contributed by atoms with Gasteiger partial charge in [0.25, 0.3) is 0 Å². The molecule has 1 N–H and O–H groups in total. The van der Waals surface area contributed by atoms with Crippen LogP contribution in [0.5, 0.6) is 0 Å². The maximum absolute atomic E-state index is 3.93. The number of nitrogens with zero attached hydrogens (tertiary/aromatic N) is 1. The van der Waals surface area contributed by atoms with E-state index in [0.29, 0.717) is 6.04 Å². The topological polar surface area (TPSA) is 17.0 Å². The summed E-state index contributed by atoms with van der Waals surface area (Å²) in [7, 11) is 0. The van der Waals surface area contributed by atoms with E-state index >= 15 is 0 Å². The van der Waals surface area contributed by atoms with Gasteiger partial charge in [-0.2, -0.15) is 0 Å². The van der Waals surface area contributed by atoms with E-state index in [2.05, 4.69) is 86.8 Å². The van der Waals surface area contributed by atoms with Crippen molar-refractivity contribution >= 4 is 17.0 Å². The van der Waals surface area contributed by atoms with Gasteiger partial charge in [-0.3, -0.25) is 0 Å². The van der Waals surface area contributed by atoms with Crippen LogP contribution in [0.15, 0.2) is 55.7 Å². The van der Waals surface area contributed by atoms with Crippen LogP contribution in [-0.4, -0.2) is 17.2 Å². The minimum atomic E-state index is 0.532. The predicted octanol–water partition coefficient (Wildman–Crippen LogP) is 7.40. The zero-order chi connectivity index (χ0) is 21.5. The lowest BCUT2D eigenvalue weighted by Crippen LogP contribution is -2.27. The fourth-order valence-electron chi connectivity index (χ4n) is 2.98. The Balaban J connectivity index is 0.00000171. The van der Waals surface area contributed by atoms with Crippen molar-refractivity contribution in [3.63, 3.8) is 0 Å². The Kier molecular flexibility index (Phi) is 13.8. The van der Waals surface area contributed by atoms with E-state index in [0.717, 1.165) is 25.1 Å². The van der Waals surface area contributed by atoms with Gasteiger partial charge in [0.2, 0.25) is 0 Å². The molecule has 2 aromatic rings. The Morgan fingerprint density at radius 1 is 1.18 bits per heavy atom. The van der Waals surface area contributed by atoms with Crippen molar-refractivity contribution in [2.75, 3.05) is 6.54 Å². The second-order valence-corrected chi connectivity index (χ2v) is 7.00. The maximum atomic E-state index is 3.93. The third kappa shape index (κ3) is 8.75. The molecule has 0 aliphatic carbocycles. The standard InChI is InChI=1S/C22H32N2.C2H6.C2H4/c1-6-7-8-21-16-20-15-19(10-9-17(2)3)11-12-22(20)24(21)14-13-23-18(4)5;2*1-2/h9-12,15-16,18,23H,2,6-8,13-14H2,1,3-5H3;1-2H3;1-2H2/b10-9+;;. The van der Waals surface area contributed by atoms with Crippen molar-refractivity contribution in [1.82, 2.24) is 9.88 Å². The fourth-order valence-corrected chi connectivity index (χ4v) is 2.98. The molecule has 0 aliphatic rings. The third-order valence-electron chi connectivity index (χ3n) is 4.25. The molecule has 2 nitrogen and oxygen atoms in total. The van der Waals surface area contributed by atoms with Crippen LogP contribution in [0.25, 0.3) is 17.0 Å². The first kappa shape index (κ1) is 25.9. The van der Waals surface area contributed by atoms with Crippen LogP contribution in [-0.2, 0) is 13.0 Å². The number of benzene rings is 1. The van der Waals surface area contributed by atoms with Gasteiger partial charge in [0, 0.05) is 35.7 Å². The summed E-state index contributed by atoms with van der Waals surface area (Å²) in [5, 5.41) is 4.88. The highest BCUT2D eigenvalue weighted by Crippen LogP contribution is 2.23. The van der Waals surface area contributed by atoms with Crippen LogP contribution >= 0.6 is 0 Å². The number of aromatic nitrogens is 1. The van der Waals surface area contributed by atoms with Crippen LogP contribution in [0.3, 0.4) is 0 Å². The monoisotopic (exact) mass is 382 g/mol. The van der Waals surface area contributed by atoms with E-state index < -0.39 is 0 Å². The van der Waals surface area contributed by atoms with E-state index in [9.17, 15) is 0 Å². The van der Waals surface area contributed by atoms with Gasteiger partial charge < -0.3 is 9.88 Å². The molecule has 0 saturated carbocycles. The number of rotatable bonds is 9. The number of unbranched alkanes of at least 4 members (excludes halogenated alkanes) is 1. The molecular weight excluding hydrogens is 340 g/mol. The van der Waals surface area contributed by atoms with Crippen LogP contribution in [0.2, 0.25) is 0 Å². The molecule has 0 aliphatic heterocycles. The van der Waals surface area contributed by atoms with Crippen molar-refractivity contribution in [3.05, 3.63) is 66.9 Å². The molecule has 0 fully saturated rings. The van der Waals surface area contributed by atoms with Crippen LogP contribution < -0.4 is 5.32 Å². The predicted molar refractivity (Wildman–Crippen MR) is 130 cm³/mol. The normalized spacial score (nSPS) is 10.5. The Morgan fingerprint density at radius 2 is 1.86 bits per heavy atom. The average Bonchev–Trinajstić information content (AvgIpc) is 3.04. The van der Waals surface area contributed by atoms with E-state index in [1.54, 1.807) is 0 Å². The lowest BCUT2D eigenvalue weighted by atomic mass is 10.1. The van der Waals surface area contributed by atoms with Gasteiger partial charge in [0.05, 0.1) is 0 Å². The summed E-state index contributed by atoms with van der Waals surface area (Å²) in [4.78, 5) is 0. The highest BCUT2D eigenvalue weighted by Gasteiger charge is 2.09. The summed E-state index contributed by atoms with van der Waals surface area (Å²) in [5.74, 6) is 0. The van der Waals surface area contributed by atoms with Crippen molar-refractivity contribution in [2.45, 2.75) is 73.4 Å². The molecule has 1 aromatic carbocycles. The summed E-state index contributed by atoms with van der Waals surface area (Å²) >= 11 is 0. The fraction of sp³-hybridized carbons (Fsp3) is 0.462.